The van der Waals surface area contributed by atoms with Crippen molar-refractivity contribution in [1.29, 1.82) is 0 Å². The third kappa shape index (κ3) is 3.42. The maximum atomic E-state index is 9.18. The normalized spacial score (nSPS) is 8.81. The predicted molar refractivity (Wildman–Crippen MR) is 72.6 cm³/mol. The van der Waals surface area contributed by atoms with Gasteiger partial charge in [-0.15, -0.1) is 11.3 Å². The zero-order valence-corrected chi connectivity index (χ0v) is 11.4. The minimum absolute atomic E-state index is 0.0515. The van der Waals surface area contributed by atoms with Crippen molar-refractivity contribution in [2.75, 3.05) is 0 Å². The number of thiophene rings is 1. The smallest absolute Gasteiger partial charge is 0.158 e. The van der Waals surface area contributed by atoms with Crippen LogP contribution < -0.4 is 0 Å². The minimum atomic E-state index is -0.0553. The van der Waals surface area contributed by atoms with Gasteiger partial charge in [0.1, 0.15) is 0 Å². The van der Waals surface area contributed by atoms with Crippen LogP contribution in [0.25, 0.3) is 10.1 Å². The lowest BCUT2D eigenvalue weighted by molar-refractivity contribution is 0.405. The van der Waals surface area contributed by atoms with Crippen LogP contribution in [-0.2, 0) is 0 Å². The summed E-state index contributed by atoms with van der Waals surface area (Å²) < 4.78 is 1.00. The Morgan fingerprint density at radius 1 is 0.875 bits per heavy atom. The van der Waals surface area contributed by atoms with Gasteiger partial charge >= 0.3 is 0 Å². The summed E-state index contributed by atoms with van der Waals surface area (Å²) in [5, 5.41) is 19.3. The summed E-state index contributed by atoms with van der Waals surface area (Å²) in [7, 11) is 0. The Balaban J connectivity index is 0.000000509. The van der Waals surface area contributed by atoms with Crippen molar-refractivity contribution in [3.63, 3.8) is 0 Å². The average Bonchev–Trinajstić information content (AvgIpc) is 2.64. The second kappa shape index (κ2) is 7.12. The molecule has 0 aliphatic rings. The molecule has 0 saturated carbocycles. The van der Waals surface area contributed by atoms with Gasteiger partial charge in [-0.1, -0.05) is 27.7 Å². The quantitative estimate of drug-likeness (QED) is 0.657. The summed E-state index contributed by atoms with van der Waals surface area (Å²) in [6, 6.07) is 5.15. The van der Waals surface area contributed by atoms with Crippen molar-refractivity contribution >= 4 is 21.4 Å². The van der Waals surface area contributed by atoms with Crippen LogP contribution in [0.5, 0.6) is 11.5 Å². The van der Waals surface area contributed by atoms with E-state index in [1.165, 1.54) is 4.88 Å². The maximum absolute atomic E-state index is 9.18. The van der Waals surface area contributed by atoms with E-state index in [0.717, 1.165) is 10.1 Å². The molecular formula is C13H20O2S. The highest BCUT2D eigenvalue weighted by Crippen LogP contribution is 2.34. The molecule has 2 N–H and O–H groups in total. The largest absolute Gasteiger partial charge is 0.504 e. The lowest BCUT2D eigenvalue weighted by Crippen LogP contribution is -1.66. The molecule has 2 nitrogen and oxygen atoms in total. The number of hydrogen-bond acceptors (Lipinski definition) is 3. The third-order valence-corrected chi connectivity index (χ3v) is 2.75. The number of benzene rings is 1. The molecule has 2 aromatic rings. The fourth-order valence-corrected chi connectivity index (χ4v) is 2.14. The molecule has 3 heteroatoms. The van der Waals surface area contributed by atoms with Gasteiger partial charge in [0.15, 0.2) is 11.5 Å². The fraction of sp³-hybridized carbons (Fsp3) is 0.385. The molecule has 0 aliphatic heterocycles. The molecule has 1 heterocycles. The summed E-state index contributed by atoms with van der Waals surface area (Å²) in [5.41, 5.74) is 0. The molecule has 0 fully saturated rings. The molecule has 1 aromatic carbocycles. The monoisotopic (exact) mass is 240 g/mol. The van der Waals surface area contributed by atoms with E-state index >= 15 is 0 Å². The van der Waals surface area contributed by atoms with E-state index in [-0.39, 0.29) is 11.5 Å². The molecular weight excluding hydrogens is 220 g/mol. The van der Waals surface area contributed by atoms with E-state index in [2.05, 4.69) is 0 Å². The van der Waals surface area contributed by atoms with E-state index in [0.29, 0.717) is 0 Å². The molecule has 0 amide bonds. The Kier molecular flexibility index (Phi) is 6.58. The lowest BCUT2D eigenvalue weighted by atomic mass is 10.2. The summed E-state index contributed by atoms with van der Waals surface area (Å²) in [6.45, 7) is 10.00. The van der Waals surface area contributed by atoms with Crippen LogP contribution in [0.2, 0.25) is 0 Å². The molecule has 0 atom stereocenters. The van der Waals surface area contributed by atoms with Crippen LogP contribution in [0.15, 0.2) is 18.2 Å². The molecule has 0 unspecified atom stereocenters. The van der Waals surface area contributed by atoms with E-state index < -0.39 is 0 Å². The first-order valence-corrected chi connectivity index (χ1v) is 6.40. The SMILES string of the molecule is CC.CC.Cc1cc2cc(O)c(O)cc2s1. The van der Waals surface area contributed by atoms with Crippen molar-refractivity contribution in [3.05, 3.63) is 23.1 Å². The van der Waals surface area contributed by atoms with Crippen molar-refractivity contribution in [1.82, 2.24) is 0 Å². The first-order chi connectivity index (χ1) is 7.66. The van der Waals surface area contributed by atoms with Crippen LogP contribution >= 0.6 is 11.3 Å². The van der Waals surface area contributed by atoms with Crippen molar-refractivity contribution in [2.45, 2.75) is 34.6 Å². The van der Waals surface area contributed by atoms with E-state index in [1.807, 2.05) is 40.7 Å². The van der Waals surface area contributed by atoms with Crippen molar-refractivity contribution < 1.29 is 10.2 Å². The number of phenolic OH excluding ortho intramolecular Hbond substituents is 2. The molecule has 90 valence electrons. The minimum Gasteiger partial charge on any atom is -0.504 e. The van der Waals surface area contributed by atoms with Gasteiger partial charge in [0.25, 0.3) is 0 Å². The van der Waals surface area contributed by atoms with E-state index in [1.54, 1.807) is 23.5 Å². The summed E-state index contributed by atoms with van der Waals surface area (Å²) >= 11 is 1.60. The van der Waals surface area contributed by atoms with Crippen molar-refractivity contribution in [2.24, 2.45) is 0 Å². The highest BCUT2D eigenvalue weighted by atomic mass is 32.1. The van der Waals surface area contributed by atoms with Crippen LogP contribution in [0.1, 0.15) is 32.6 Å². The van der Waals surface area contributed by atoms with Crippen LogP contribution in [0.3, 0.4) is 0 Å². The van der Waals surface area contributed by atoms with Gasteiger partial charge in [0.2, 0.25) is 0 Å². The first-order valence-electron chi connectivity index (χ1n) is 5.59. The molecule has 0 spiro atoms. The zero-order valence-electron chi connectivity index (χ0n) is 10.5. The standard InChI is InChI=1S/C9H8O2S.2C2H6/c1-5-2-6-3-7(10)8(11)4-9(6)12-5;2*1-2/h2-4,10-11H,1H3;2*1-2H3. The number of aryl methyl sites for hydroxylation is 1. The Morgan fingerprint density at radius 2 is 1.38 bits per heavy atom. The highest BCUT2D eigenvalue weighted by Gasteiger charge is 2.03. The Bertz CT molecular complexity index is 394. The topological polar surface area (TPSA) is 40.5 Å². The van der Waals surface area contributed by atoms with Crippen LogP contribution in [0.4, 0.5) is 0 Å². The predicted octanol–water partition coefficient (Wildman–Crippen LogP) is 4.67. The zero-order chi connectivity index (χ0) is 12.7. The van der Waals surface area contributed by atoms with Gasteiger partial charge in [-0.2, -0.15) is 0 Å². The van der Waals surface area contributed by atoms with E-state index in [9.17, 15) is 10.2 Å². The van der Waals surface area contributed by atoms with Gasteiger partial charge in [0.05, 0.1) is 0 Å². The van der Waals surface area contributed by atoms with Crippen LogP contribution in [0, 0.1) is 6.92 Å². The average molecular weight is 240 g/mol. The number of aromatic hydroxyl groups is 2. The summed E-state index contributed by atoms with van der Waals surface area (Å²) in [6.07, 6.45) is 0. The molecule has 0 radical (unpaired) electrons. The maximum Gasteiger partial charge on any atom is 0.158 e. The summed E-state index contributed by atoms with van der Waals surface area (Å²) in [5.74, 6) is -0.107. The number of phenols is 2. The molecule has 0 aliphatic carbocycles. The van der Waals surface area contributed by atoms with Crippen molar-refractivity contribution in [3.8, 4) is 11.5 Å². The first kappa shape index (κ1) is 14.8. The summed E-state index contributed by atoms with van der Waals surface area (Å²) in [4.78, 5) is 1.18. The van der Waals surface area contributed by atoms with Gasteiger partial charge in [-0.05, 0) is 24.4 Å². The highest BCUT2D eigenvalue weighted by molar-refractivity contribution is 7.19. The second-order valence-corrected chi connectivity index (χ2v) is 4.02. The Hall–Kier alpha value is -1.22. The van der Waals surface area contributed by atoms with Gasteiger partial charge in [-0.25, -0.2) is 0 Å². The molecule has 16 heavy (non-hydrogen) atoms. The Labute approximate surface area is 101 Å². The van der Waals surface area contributed by atoms with Crippen LogP contribution in [-0.4, -0.2) is 10.2 Å². The van der Waals surface area contributed by atoms with E-state index in [4.69, 9.17) is 0 Å². The molecule has 1 aromatic heterocycles. The second-order valence-electron chi connectivity index (χ2n) is 2.74. The number of fused-ring (bicyclic) bond motifs is 1. The Morgan fingerprint density at radius 3 is 1.94 bits per heavy atom. The molecule has 0 bridgehead atoms. The molecule has 2 rings (SSSR count). The molecule has 0 saturated heterocycles. The lowest BCUT2D eigenvalue weighted by Gasteiger charge is -1.95. The fourth-order valence-electron chi connectivity index (χ4n) is 1.20. The van der Waals surface area contributed by atoms with Gasteiger partial charge in [-0.3, -0.25) is 0 Å². The number of hydrogen-bond donors (Lipinski definition) is 2. The van der Waals surface area contributed by atoms with Gasteiger partial charge < -0.3 is 10.2 Å². The van der Waals surface area contributed by atoms with Gasteiger partial charge in [0, 0.05) is 15.6 Å². The third-order valence-electron chi connectivity index (χ3n) is 1.74. The number of rotatable bonds is 0.